The molecule has 0 bridgehead atoms. The third-order valence-corrected chi connectivity index (χ3v) is 2.46. The van der Waals surface area contributed by atoms with E-state index in [-0.39, 0.29) is 12.2 Å². The van der Waals surface area contributed by atoms with Crippen molar-refractivity contribution in [1.82, 2.24) is 0 Å². The van der Waals surface area contributed by atoms with Crippen molar-refractivity contribution in [1.29, 1.82) is 5.26 Å². The van der Waals surface area contributed by atoms with E-state index >= 15 is 0 Å². The Labute approximate surface area is 93.8 Å². The van der Waals surface area contributed by atoms with E-state index in [1.54, 1.807) is 6.07 Å². The van der Waals surface area contributed by atoms with Crippen molar-refractivity contribution in [2.75, 3.05) is 0 Å². The molecule has 0 aliphatic rings. The van der Waals surface area contributed by atoms with Gasteiger partial charge in [0.25, 0.3) is 0 Å². The lowest BCUT2D eigenvalue weighted by atomic mass is 9.98. The predicted octanol–water partition coefficient (Wildman–Crippen LogP) is 3.56. The van der Waals surface area contributed by atoms with Gasteiger partial charge in [-0.25, -0.2) is 4.39 Å². The van der Waals surface area contributed by atoms with E-state index in [2.05, 4.69) is 0 Å². The highest BCUT2D eigenvalue weighted by Gasteiger charge is 2.08. The topological polar surface area (TPSA) is 23.8 Å². The van der Waals surface area contributed by atoms with E-state index in [1.165, 1.54) is 6.07 Å². The first-order valence-electron chi connectivity index (χ1n) is 5.02. The molecule has 2 heteroatoms. The molecule has 0 saturated heterocycles. The molecule has 0 spiro atoms. The highest BCUT2D eigenvalue weighted by Crippen LogP contribution is 2.25. The zero-order chi connectivity index (χ0) is 11.4. The molecule has 0 radical (unpaired) electrons. The molecule has 0 aromatic heterocycles. The molecule has 0 saturated carbocycles. The van der Waals surface area contributed by atoms with Crippen molar-refractivity contribution in [3.63, 3.8) is 0 Å². The molecule has 0 heterocycles. The Kier molecular flexibility index (Phi) is 2.98. The van der Waals surface area contributed by atoms with Crippen LogP contribution in [0.15, 0.2) is 48.5 Å². The maximum atomic E-state index is 13.6. The molecule has 16 heavy (non-hydrogen) atoms. The molecule has 0 aliphatic carbocycles. The second-order valence-corrected chi connectivity index (χ2v) is 3.47. The van der Waals surface area contributed by atoms with Gasteiger partial charge in [0.05, 0.1) is 12.5 Å². The number of nitrogens with zero attached hydrogens (tertiary/aromatic N) is 1. The lowest BCUT2D eigenvalue weighted by Crippen LogP contribution is -1.93. The lowest BCUT2D eigenvalue weighted by Gasteiger charge is -2.07. The fourth-order valence-corrected chi connectivity index (χ4v) is 1.71. The predicted molar refractivity (Wildman–Crippen MR) is 61.2 cm³/mol. The fraction of sp³-hybridized carbons (Fsp3) is 0.0714. The van der Waals surface area contributed by atoms with Crippen molar-refractivity contribution < 1.29 is 4.39 Å². The standard InChI is InChI=1S/C14H10FN/c15-14-8-4-7-12(13(14)9-10-16)11-5-2-1-3-6-11/h1-8H,9H2. The number of hydrogen-bond donors (Lipinski definition) is 0. The van der Waals surface area contributed by atoms with Crippen LogP contribution in [0.2, 0.25) is 0 Å². The first-order valence-corrected chi connectivity index (χ1v) is 5.02. The molecular weight excluding hydrogens is 201 g/mol. The van der Waals surface area contributed by atoms with E-state index in [1.807, 2.05) is 42.5 Å². The van der Waals surface area contributed by atoms with Gasteiger partial charge >= 0.3 is 0 Å². The fourth-order valence-electron chi connectivity index (χ4n) is 1.71. The van der Waals surface area contributed by atoms with Crippen LogP contribution in [0.25, 0.3) is 11.1 Å². The summed E-state index contributed by atoms with van der Waals surface area (Å²) in [6.45, 7) is 0. The minimum absolute atomic E-state index is 0.0941. The second kappa shape index (κ2) is 4.59. The molecule has 0 aliphatic heterocycles. The Balaban J connectivity index is 2.57. The van der Waals surface area contributed by atoms with E-state index in [0.29, 0.717) is 5.56 Å². The normalized spacial score (nSPS) is 9.75. The number of rotatable bonds is 2. The SMILES string of the molecule is N#CCc1c(F)cccc1-c1ccccc1. The smallest absolute Gasteiger partial charge is 0.128 e. The Morgan fingerprint density at radius 3 is 2.44 bits per heavy atom. The molecule has 2 aromatic carbocycles. The molecule has 0 amide bonds. The number of hydrogen-bond acceptors (Lipinski definition) is 1. The third-order valence-electron chi connectivity index (χ3n) is 2.46. The zero-order valence-electron chi connectivity index (χ0n) is 8.65. The molecule has 78 valence electrons. The maximum absolute atomic E-state index is 13.6. The van der Waals surface area contributed by atoms with Gasteiger partial charge in [0.2, 0.25) is 0 Å². The Bertz CT molecular complexity index is 526. The van der Waals surface area contributed by atoms with Gasteiger partial charge in [-0.1, -0.05) is 42.5 Å². The summed E-state index contributed by atoms with van der Waals surface area (Å²) < 4.78 is 13.6. The van der Waals surface area contributed by atoms with Crippen molar-refractivity contribution in [2.24, 2.45) is 0 Å². The van der Waals surface area contributed by atoms with Crippen LogP contribution in [0.1, 0.15) is 5.56 Å². The molecule has 1 nitrogen and oxygen atoms in total. The summed E-state index contributed by atoms with van der Waals surface area (Å²) in [4.78, 5) is 0. The first-order chi connectivity index (χ1) is 7.83. The number of halogens is 1. The maximum Gasteiger partial charge on any atom is 0.128 e. The zero-order valence-corrected chi connectivity index (χ0v) is 8.65. The summed E-state index contributed by atoms with van der Waals surface area (Å²) in [5.74, 6) is -0.317. The van der Waals surface area contributed by atoms with Crippen LogP contribution < -0.4 is 0 Å². The van der Waals surface area contributed by atoms with Crippen molar-refractivity contribution >= 4 is 0 Å². The van der Waals surface area contributed by atoms with Crippen LogP contribution in [0.4, 0.5) is 4.39 Å². The monoisotopic (exact) mass is 211 g/mol. The van der Waals surface area contributed by atoms with Crippen LogP contribution in [-0.2, 0) is 6.42 Å². The highest BCUT2D eigenvalue weighted by molar-refractivity contribution is 5.67. The molecule has 2 rings (SSSR count). The van der Waals surface area contributed by atoms with Gasteiger partial charge in [0.1, 0.15) is 5.82 Å². The average molecular weight is 211 g/mol. The van der Waals surface area contributed by atoms with E-state index in [0.717, 1.165) is 11.1 Å². The number of benzene rings is 2. The van der Waals surface area contributed by atoms with Gasteiger partial charge in [-0.15, -0.1) is 0 Å². The summed E-state index contributed by atoms with van der Waals surface area (Å²) in [7, 11) is 0. The highest BCUT2D eigenvalue weighted by atomic mass is 19.1. The molecule has 0 fully saturated rings. The summed E-state index contributed by atoms with van der Waals surface area (Å²) in [5, 5.41) is 8.70. The summed E-state index contributed by atoms with van der Waals surface area (Å²) in [6, 6.07) is 16.4. The van der Waals surface area contributed by atoms with Crippen LogP contribution >= 0.6 is 0 Å². The van der Waals surface area contributed by atoms with Gasteiger partial charge in [-0.2, -0.15) is 5.26 Å². The van der Waals surface area contributed by atoms with E-state index in [4.69, 9.17) is 5.26 Å². The summed E-state index contributed by atoms with van der Waals surface area (Å²) >= 11 is 0. The Morgan fingerprint density at radius 1 is 1.00 bits per heavy atom. The minimum atomic E-state index is -0.317. The first kappa shape index (κ1) is 10.4. The molecule has 0 atom stereocenters. The van der Waals surface area contributed by atoms with Crippen molar-refractivity contribution in [3.8, 4) is 17.2 Å². The van der Waals surface area contributed by atoms with Crippen molar-refractivity contribution in [2.45, 2.75) is 6.42 Å². The molecule has 2 aromatic rings. The average Bonchev–Trinajstić information content (AvgIpc) is 2.33. The minimum Gasteiger partial charge on any atom is -0.207 e. The van der Waals surface area contributed by atoms with Gasteiger partial charge in [0.15, 0.2) is 0 Å². The van der Waals surface area contributed by atoms with Gasteiger partial charge in [-0.3, -0.25) is 0 Å². The van der Waals surface area contributed by atoms with Crippen molar-refractivity contribution in [3.05, 3.63) is 59.9 Å². The largest absolute Gasteiger partial charge is 0.207 e. The number of nitriles is 1. The summed E-state index contributed by atoms with van der Waals surface area (Å²) in [6.07, 6.45) is 0.0941. The van der Waals surface area contributed by atoms with E-state index in [9.17, 15) is 4.39 Å². The summed E-state index contributed by atoms with van der Waals surface area (Å²) in [5.41, 5.74) is 2.20. The van der Waals surface area contributed by atoms with Crippen LogP contribution in [-0.4, -0.2) is 0 Å². The molecule has 0 N–H and O–H groups in total. The molecular formula is C14H10FN. The van der Waals surface area contributed by atoms with E-state index < -0.39 is 0 Å². The lowest BCUT2D eigenvalue weighted by molar-refractivity contribution is 0.616. The van der Waals surface area contributed by atoms with Gasteiger partial charge in [-0.05, 0) is 17.2 Å². The molecule has 0 unspecified atom stereocenters. The second-order valence-electron chi connectivity index (χ2n) is 3.47. The van der Waals surface area contributed by atoms with Crippen LogP contribution in [0, 0.1) is 17.1 Å². The van der Waals surface area contributed by atoms with Gasteiger partial charge < -0.3 is 0 Å². The van der Waals surface area contributed by atoms with Gasteiger partial charge in [0, 0.05) is 5.56 Å². The van der Waals surface area contributed by atoms with Crippen LogP contribution in [0.5, 0.6) is 0 Å². The Hall–Kier alpha value is -2.14. The third kappa shape index (κ3) is 1.94. The van der Waals surface area contributed by atoms with Crippen LogP contribution in [0.3, 0.4) is 0 Å². The quantitative estimate of drug-likeness (QED) is 0.745. The Morgan fingerprint density at radius 2 is 1.75 bits per heavy atom.